The molecule has 1 heterocycles. The topological polar surface area (TPSA) is 74.1 Å². The van der Waals surface area contributed by atoms with Crippen LogP contribution in [0.25, 0.3) is 11.5 Å². The third-order valence-electron chi connectivity index (χ3n) is 2.19. The molecule has 16 heavy (non-hydrogen) atoms. The van der Waals surface area contributed by atoms with E-state index in [0.717, 1.165) is 0 Å². The van der Waals surface area contributed by atoms with Crippen LogP contribution in [0.5, 0.6) is 0 Å². The maximum absolute atomic E-state index is 11.4. The van der Waals surface area contributed by atoms with Crippen LogP contribution in [0.3, 0.4) is 0 Å². The molecule has 0 radical (unpaired) electrons. The van der Waals surface area contributed by atoms with E-state index < -0.39 is 5.76 Å². The first-order valence-electron chi connectivity index (χ1n) is 5.03. The number of rotatable bonds is 2. The Morgan fingerprint density at radius 1 is 1.44 bits per heavy atom. The smallest absolute Gasteiger partial charge is 0.399 e. The number of benzene rings is 1. The van der Waals surface area contributed by atoms with Crippen molar-refractivity contribution in [2.24, 2.45) is 0 Å². The average Bonchev–Trinajstić information content (AvgIpc) is 2.60. The second kappa shape index (κ2) is 3.84. The lowest BCUT2D eigenvalue weighted by Gasteiger charge is -1.99. The van der Waals surface area contributed by atoms with E-state index in [-0.39, 0.29) is 6.04 Å². The fourth-order valence-corrected chi connectivity index (χ4v) is 1.40. The van der Waals surface area contributed by atoms with Gasteiger partial charge in [-0.05, 0) is 32.0 Å². The average molecular weight is 219 g/mol. The summed E-state index contributed by atoms with van der Waals surface area (Å²) in [6, 6.07) is 7.05. The molecule has 0 bridgehead atoms. The highest BCUT2D eigenvalue weighted by atomic mass is 16.4. The van der Waals surface area contributed by atoms with Crippen LogP contribution in [0.15, 0.2) is 33.5 Å². The van der Waals surface area contributed by atoms with Crippen LogP contribution in [0.1, 0.15) is 19.9 Å². The van der Waals surface area contributed by atoms with Crippen LogP contribution in [0.2, 0.25) is 0 Å². The minimum absolute atomic E-state index is 0.0222. The fraction of sp³-hybridized carbons (Fsp3) is 0.273. The van der Waals surface area contributed by atoms with Crippen molar-refractivity contribution in [3.8, 4) is 11.5 Å². The number of anilines is 1. The first-order chi connectivity index (χ1) is 7.58. The van der Waals surface area contributed by atoms with E-state index in [4.69, 9.17) is 10.2 Å². The summed E-state index contributed by atoms with van der Waals surface area (Å²) >= 11 is 0. The minimum atomic E-state index is -0.451. The van der Waals surface area contributed by atoms with Gasteiger partial charge in [-0.3, -0.25) is 0 Å². The molecule has 0 spiro atoms. The molecule has 1 aromatic carbocycles. The molecular weight excluding hydrogens is 206 g/mol. The number of hydrogen-bond donors (Lipinski definition) is 1. The van der Waals surface area contributed by atoms with Crippen LogP contribution in [0, 0.1) is 0 Å². The molecule has 0 atom stereocenters. The zero-order valence-corrected chi connectivity index (χ0v) is 9.18. The van der Waals surface area contributed by atoms with Gasteiger partial charge in [-0.25, -0.2) is 4.79 Å². The van der Waals surface area contributed by atoms with Crippen molar-refractivity contribution >= 4 is 5.69 Å². The third kappa shape index (κ3) is 1.84. The Labute approximate surface area is 92.5 Å². The fourth-order valence-electron chi connectivity index (χ4n) is 1.40. The van der Waals surface area contributed by atoms with Crippen molar-refractivity contribution in [1.29, 1.82) is 0 Å². The van der Waals surface area contributed by atoms with Gasteiger partial charge >= 0.3 is 5.76 Å². The predicted octanol–water partition coefficient (Wildman–Crippen LogP) is 1.67. The molecule has 0 unspecified atom stereocenters. The van der Waals surface area contributed by atoms with Crippen molar-refractivity contribution in [1.82, 2.24) is 9.78 Å². The van der Waals surface area contributed by atoms with Crippen molar-refractivity contribution < 1.29 is 4.42 Å². The Morgan fingerprint density at radius 2 is 2.19 bits per heavy atom. The van der Waals surface area contributed by atoms with Crippen molar-refractivity contribution in [3.05, 3.63) is 34.8 Å². The van der Waals surface area contributed by atoms with E-state index in [1.54, 1.807) is 24.3 Å². The summed E-state index contributed by atoms with van der Waals surface area (Å²) in [7, 11) is 0. The highest BCUT2D eigenvalue weighted by Gasteiger charge is 2.12. The number of aromatic nitrogens is 2. The molecule has 2 N–H and O–H groups in total. The second-order valence-corrected chi connectivity index (χ2v) is 3.84. The standard InChI is InChI=1S/C11H13N3O2/c1-7(2)14-11(15)16-10(13-14)8-4-3-5-9(12)6-8/h3-7H,12H2,1-2H3. The van der Waals surface area contributed by atoms with E-state index in [0.29, 0.717) is 17.1 Å². The zero-order valence-electron chi connectivity index (χ0n) is 9.18. The maximum Gasteiger partial charge on any atom is 0.437 e. The van der Waals surface area contributed by atoms with Crippen molar-refractivity contribution in [3.63, 3.8) is 0 Å². The van der Waals surface area contributed by atoms with E-state index >= 15 is 0 Å². The Balaban J connectivity index is 2.50. The molecule has 84 valence electrons. The monoisotopic (exact) mass is 219 g/mol. The molecule has 0 saturated carbocycles. The molecule has 5 nitrogen and oxygen atoms in total. The summed E-state index contributed by atoms with van der Waals surface area (Å²) in [5.41, 5.74) is 6.96. The molecule has 0 saturated heterocycles. The zero-order chi connectivity index (χ0) is 11.7. The summed E-state index contributed by atoms with van der Waals surface area (Å²) in [5, 5.41) is 4.10. The van der Waals surface area contributed by atoms with Gasteiger partial charge in [0.1, 0.15) is 0 Å². The minimum Gasteiger partial charge on any atom is -0.399 e. The SMILES string of the molecule is CC(C)n1nc(-c2cccc(N)c2)oc1=O. The highest BCUT2D eigenvalue weighted by Crippen LogP contribution is 2.18. The van der Waals surface area contributed by atoms with E-state index in [2.05, 4.69) is 5.10 Å². The second-order valence-electron chi connectivity index (χ2n) is 3.84. The van der Waals surface area contributed by atoms with Gasteiger partial charge in [0.05, 0.1) is 6.04 Å². The number of nitrogens with zero attached hydrogens (tertiary/aromatic N) is 2. The van der Waals surface area contributed by atoms with E-state index in [9.17, 15) is 4.79 Å². The van der Waals surface area contributed by atoms with Crippen LogP contribution >= 0.6 is 0 Å². The molecular formula is C11H13N3O2. The van der Waals surface area contributed by atoms with Gasteiger partial charge in [0.2, 0.25) is 5.89 Å². The normalized spacial score (nSPS) is 10.9. The van der Waals surface area contributed by atoms with Crippen molar-refractivity contribution in [2.75, 3.05) is 5.73 Å². The number of nitrogen functional groups attached to an aromatic ring is 1. The molecule has 0 aliphatic rings. The quantitative estimate of drug-likeness (QED) is 0.779. The number of hydrogen-bond acceptors (Lipinski definition) is 4. The first-order valence-corrected chi connectivity index (χ1v) is 5.03. The molecule has 1 aromatic heterocycles. The summed E-state index contributed by atoms with van der Waals surface area (Å²) in [5.74, 6) is -0.154. The van der Waals surface area contributed by atoms with Crippen LogP contribution < -0.4 is 11.5 Å². The molecule has 0 aliphatic carbocycles. The van der Waals surface area contributed by atoms with Crippen molar-refractivity contribution in [2.45, 2.75) is 19.9 Å². The molecule has 2 aromatic rings. The van der Waals surface area contributed by atoms with Gasteiger partial charge in [0, 0.05) is 11.3 Å². The Kier molecular flexibility index (Phi) is 2.52. The predicted molar refractivity (Wildman–Crippen MR) is 61.0 cm³/mol. The van der Waals surface area contributed by atoms with E-state index in [1.807, 2.05) is 13.8 Å². The summed E-state index contributed by atoms with van der Waals surface area (Å²) < 4.78 is 6.36. The van der Waals surface area contributed by atoms with Gasteiger partial charge in [-0.1, -0.05) is 6.07 Å². The van der Waals surface area contributed by atoms with Gasteiger partial charge in [0.25, 0.3) is 0 Å². The van der Waals surface area contributed by atoms with Gasteiger partial charge in [0.15, 0.2) is 0 Å². The lowest BCUT2D eigenvalue weighted by atomic mass is 10.2. The van der Waals surface area contributed by atoms with Gasteiger partial charge < -0.3 is 10.2 Å². The summed E-state index contributed by atoms with van der Waals surface area (Å²) in [6.07, 6.45) is 0. The van der Waals surface area contributed by atoms with Crippen LogP contribution in [-0.4, -0.2) is 9.78 Å². The molecule has 0 aliphatic heterocycles. The largest absolute Gasteiger partial charge is 0.437 e. The Bertz CT molecular complexity index is 554. The number of nitrogens with two attached hydrogens (primary N) is 1. The molecule has 5 heteroatoms. The van der Waals surface area contributed by atoms with Crippen LogP contribution in [-0.2, 0) is 0 Å². The summed E-state index contributed by atoms with van der Waals surface area (Å²) in [6.45, 7) is 3.74. The Hall–Kier alpha value is -2.04. The highest BCUT2D eigenvalue weighted by molar-refractivity contribution is 5.59. The maximum atomic E-state index is 11.4. The molecule has 0 amide bonds. The lowest BCUT2D eigenvalue weighted by molar-refractivity contribution is 0.449. The Morgan fingerprint density at radius 3 is 2.75 bits per heavy atom. The van der Waals surface area contributed by atoms with Gasteiger partial charge in [-0.2, -0.15) is 4.68 Å². The summed E-state index contributed by atoms with van der Waals surface area (Å²) in [4.78, 5) is 11.4. The third-order valence-corrected chi connectivity index (χ3v) is 2.19. The molecule has 2 rings (SSSR count). The van der Waals surface area contributed by atoms with E-state index in [1.165, 1.54) is 4.68 Å². The van der Waals surface area contributed by atoms with Crippen LogP contribution in [0.4, 0.5) is 5.69 Å². The first kappa shape index (κ1) is 10.5. The lowest BCUT2D eigenvalue weighted by Crippen LogP contribution is -2.17. The molecule has 0 fully saturated rings. The van der Waals surface area contributed by atoms with Gasteiger partial charge in [-0.15, -0.1) is 5.10 Å².